The molecule has 112 valence electrons. The predicted molar refractivity (Wildman–Crippen MR) is 84.9 cm³/mol. The van der Waals surface area contributed by atoms with Crippen molar-refractivity contribution in [2.24, 2.45) is 5.41 Å². The zero-order valence-electron chi connectivity index (χ0n) is 13.4. The van der Waals surface area contributed by atoms with E-state index in [1.54, 1.807) is 0 Å². The van der Waals surface area contributed by atoms with Gasteiger partial charge in [-0.3, -0.25) is 5.32 Å². The number of benzene rings is 1. The summed E-state index contributed by atoms with van der Waals surface area (Å²) in [6, 6.07) is 10.7. The Morgan fingerprint density at radius 2 is 1.95 bits per heavy atom. The second-order valence-corrected chi connectivity index (χ2v) is 7.11. The first-order valence-corrected chi connectivity index (χ1v) is 7.97. The van der Waals surface area contributed by atoms with Gasteiger partial charge in [0, 0.05) is 18.9 Å². The number of hydrogen-bond donors (Lipinski definition) is 1. The van der Waals surface area contributed by atoms with Crippen LogP contribution in [0.25, 0.3) is 0 Å². The van der Waals surface area contributed by atoms with E-state index in [1.807, 2.05) is 18.2 Å². The van der Waals surface area contributed by atoms with E-state index in [0.717, 1.165) is 25.0 Å². The Hall–Kier alpha value is -1.02. The summed E-state index contributed by atoms with van der Waals surface area (Å²) in [5.41, 5.74) is 0.0890. The molecule has 0 saturated carbocycles. The number of piperidine rings is 1. The maximum Gasteiger partial charge on any atom is 0.161 e. The van der Waals surface area contributed by atoms with Crippen molar-refractivity contribution in [3.63, 3.8) is 0 Å². The van der Waals surface area contributed by atoms with Crippen molar-refractivity contribution >= 4 is 0 Å². The Morgan fingerprint density at radius 3 is 2.55 bits per heavy atom. The lowest BCUT2D eigenvalue weighted by Crippen LogP contribution is -2.60. The van der Waals surface area contributed by atoms with Gasteiger partial charge in [0.05, 0.1) is 0 Å². The fourth-order valence-corrected chi connectivity index (χ4v) is 3.15. The third kappa shape index (κ3) is 3.76. The summed E-state index contributed by atoms with van der Waals surface area (Å²) in [6.45, 7) is 9.18. The average Bonchev–Trinajstić information content (AvgIpc) is 2.39. The highest BCUT2D eigenvalue weighted by Crippen LogP contribution is 2.35. The van der Waals surface area contributed by atoms with E-state index in [9.17, 15) is 0 Å². The van der Waals surface area contributed by atoms with Gasteiger partial charge < -0.3 is 4.74 Å². The first kappa shape index (κ1) is 15.4. The smallest absolute Gasteiger partial charge is 0.161 e. The highest BCUT2D eigenvalue weighted by atomic mass is 16.5. The minimum atomic E-state index is -0.188. The van der Waals surface area contributed by atoms with Crippen LogP contribution in [0.15, 0.2) is 30.3 Å². The van der Waals surface area contributed by atoms with E-state index in [2.05, 4.69) is 45.1 Å². The largest absolute Gasteiger partial charge is 0.473 e. The Balaban J connectivity index is 2.16. The van der Waals surface area contributed by atoms with Crippen molar-refractivity contribution in [3.8, 4) is 5.75 Å². The molecule has 0 amide bonds. The quantitative estimate of drug-likeness (QED) is 0.856. The maximum atomic E-state index is 6.40. The van der Waals surface area contributed by atoms with Crippen LogP contribution in [0.2, 0.25) is 0 Å². The molecule has 2 heteroatoms. The van der Waals surface area contributed by atoms with Gasteiger partial charge in [-0.05, 0) is 30.4 Å². The van der Waals surface area contributed by atoms with Gasteiger partial charge in [-0.1, -0.05) is 52.3 Å². The molecule has 1 aromatic carbocycles. The van der Waals surface area contributed by atoms with Crippen LogP contribution in [0.3, 0.4) is 0 Å². The molecule has 2 nitrogen and oxygen atoms in total. The fourth-order valence-electron chi connectivity index (χ4n) is 3.15. The number of para-hydroxylation sites is 1. The van der Waals surface area contributed by atoms with Crippen LogP contribution in [-0.2, 0) is 0 Å². The summed E-state index contributed by atoms with van der Waals surface area (Å²) >= 11 is 0. The molecule has 1 saturated heterocycles. The van der Waals surface area contributed by atoms with E-state index >= 15 is 0 Å². The van der Waals surface area contributed by atoms with Crippen LogP contribution in [0.4, 0.5) is 0 Å². The molecule has 1 aliphatic rings. The lowest BCUT2D eigenvalue weighted by atomic mass is 9.79. The molecule has 0 aliphatic carbocycles. The van der Waals surface area contributed by atoms with Crippen molar-refractivity contribution in [1.82, 2.24) is 5.32 Å². The molecule has 20 heavy (non-hydrogen) atoms. The number of ether oxygens (including phenoxy) is 1. The number of hydrogen-bond acceptors (Lipinski definition) is 2. The lowest BCUT2D eigenvalue weighted by Gasteiger charge is -2.46. The van der Waals surface area contributed by atoms with Gasteiger partial charge in [-0.2, -0.15) is 0 Å². The normalized spacial score (nSPS) is 27.3. The van der Waals surface area contributed by atoms with Crippen molar-refractivity contribution in [3.05, 3.63) is 30.3 Å². The molecular formula is C18H29NO. The Morgan fingerprint density at radius 1 is 1.25 bits per heavy atom. The van der Waals surface area contributed by atoms with Crippen LogP contribution >= 0.6 is 0 Å². The summed E-state index contributed by atoms with van der Waals surface area (Å²) in [4.78, 5) is 0. The molecule has 1 aliphatic heterocycles. The second-order valence-electron chi connectivity index (χ2n) is 7.11. The monoisotopic (exact) mass is 275 g/mol. The van der Waals surface area contributed by atoms with Crippen LogP contribution in [0.5, 0.6) is 5.75 Å². The molecule has 2 atom stereocenters. The first-order valence-electron chi connectivity index (χ1n) is 7.97. The van der Waals surface area contributed by atoms with Crippen molar-refractivity contribution in [2.45, 2.75) is 71.6 Å². The number of rotatable bonds is 4. The molecule has 2 unspecified atom stereocenters. The van der Waals surface area contributed by atoms with Gasteiger partial charge in [0.1, 0.15) is 5.75 Å². The highest BCUT2D eigenvalue weighted by molar-refractivity contribution is 5.22. The number of nitrogens with one attached hydrogen (secondary N) is 1. The molecule has 0 spiro atoms. The molecule has 1 aromatic rings. The summed E-state index contributed by atoms with van der Waals surface area (Å²) in [5, 5.41) is 3.83. The van der Waals surface area contributed by atoms with E-state index < -0.39 is 0 Å². The van der Waals surface area contributed by atoms with E-state index in [0.29, 0.717) is 6.04 Å². The minimum absolute atomic E-state index is 0.188. The molecular weight excluding hydrogens is 246 g/mol. The van der Waals surface area contributed by atoms with E-state index in [-0.39, 0.29) is 11.1 Å². The molecule has 1 fully saturated rings. The van der Waals surface area contributed by atoms with Gasteiger partial charge in [-0.25, -0.2) is 0 Å². The topological polar surface area (TPSA) is 21.3 Å². The standard InChI is InChI=1S/C18H29NO/c1-5-13-18(20-15-10-7-6-8-11-15)14-9-12-16(19-18)17(2,3)4/h6-8,10-11,16,19H,5,9,12-14H2,1-4H3. The second kappa shape index (κ2) is 6.17. The Kier molecular flexibility index (Phi) is 4.74. The maximum absolute atomic E-state index is 6.40. The van der Waals surface area contributed by atoms with Crippen LogP contribution in [0, 0.1) is 5.41 Å². The lowest BCUT2D eigenvalue weighted by molar-refractivity contribution is -0.0356. The van der Waals surface area contributed by atoms with Gasteiger partial charge >= 0.3 is 0 Å². The van der Waals surface area contributed by atoms with Crippen LogP contribution < -0.4 is 10.1 Å². The third-order valence-electron chi connectivity index (χ3n) is 4.27. The van der Waals surface area contributed by atoms with Crippen molar-refractivity contribution in [2.75, 3.05) is 0 Å². The van der Waals surface area contributed by atoms with Crippen molar-refractivity contribution < 1.29 is 4.74 Å². The SMILES string of the molecule is CCCC1(Oc2ccccc2)CCCC(C(C)(C)C)N1. The zero-order chi connectivity index (χ0) is 14.6. The summed E-state index contributed by atoms with van der Waals surface area (Å²) in [5.74, 6) is 0.975. The highest BCUT2D eigenvalue weighted by Gasteiger charge is 2.40. The zero-order valence-corrected chi connectivity index (χ0v) is 13.4. The van der Waals surface area contributed by atoms with Crippen LogP contribution in [-0.4, -0.2) is 11.8 Å². The molecule has 1 N–H and O–H groups in total. The fraction of sp³-hybridized carbons (Fsp3) is 0.667. The Labute approximate surface area is 123 Å². The molecule has 0 radical (unpaired) electrons. The van der Waals surface area contributed by atoms with E-state index in [1.165, 1.54) is 12.8 Å². The van der Waals surface area contributed by atoms with Gasteiger partial charge in [0.15, 0.2) is 5.72 Å². The Bertz CT molecular complexity index is 405. The molecule has 1 heterocycles. The van der Waals surface area contributed by atoms with Gasteiger partial charge in [0.25, 0.3) is 0 Å². The molecule has 0 bridgehead atoms. The third-order valence-corrected chi connectivity index (χ3v) is 4.27. The molecule has 2 rings (SSSR count). The summed E-state index contributed by atoms with van der Waals surface area (Å²) < 4.78 is 6.40. The first-order chi connectivity index (χ1) is 9.45. The molecule has 0 aromatic heterocycles. The summed E-state index contributed by atoms with van der Waals surface area (Å²) in [7, 11) is 0. The van der Waals surface area contributed by atoms with Gasteiger partial charge in [-0.15, -0.1) is 0 Å². The average molecular weight is 275 g/mol. The summed E-state index contributed by atoms with van der Waals surface area (Å²) in [6.07, 6.45) is 5.78. The van der Waals surface area contributed by atoms with Gasteiger partial charge in [0.2, 0.25) is 0 Å². The van der Waals surface area contributed by atoms with Crippen LogP contribution in [0.1, 0.15) is 59.8 Å². The minimum Gasteiger partial charge on any atom is -0.473 e. The predicted octanol–water partition coefficient (Wildman–Crippen LogP) is 4.75. The van der Waals surface area contributed by atoms with E-state index in [4.69, 9.17) is 4.74 Å². The van der Waals surface area contributed by atoms with Crippen molar-refractivity contribution in [1.29, 1.82) is 0 Å².